The summed E-state index contributed by atoms with van der Waals surface area (Å²) in [6.07, 6.45) is 4.16. The molecule has 0 spiro atoms. The van der Waals surface area contributed by atoms with Crippen LogP contribution in [0.2, 0.25) is 0 Å². The number of hydrogen-bond acceptors (Lipinski definition) is 4. The van der Waals surface area contributed by atoms with Crippen LogP contribution in [0.25, 0.3) is 0 Å². The summed E-state index contributed by atoms with van der Waals surface area (Å²) in [6, 6.07) is 10.3. The molecule has 1 aromatic carbocycles. The summed E-state index contributed by atoms with van der Waals surface area (Å²) in [7, 11) is 1.57. The molecule has 1 unspecified atom stereocenters. The molecular weight excluding hydrogens is 256 g/mol. The van der Waals surface area contributed by atoms with Gasteiger partial charge in [-0.05, 0) is 24.5 Å². The maximum atomic E-state index is 10.5. The number of benzene rings is 1. The zero-order valence-corrected chi connectivity index (χ0v) is 11.5. The van der Waals surface area contributed by atoms with E-state index in [0.717, 1.165) is 18.4 Å². The van der Waals surface area contributed by atoms with Crippen molar-refractivity contribution in [3.8, 4) is 0 Å². The van der Waals surface area contributed by atoms with E-state index in [1.165, 1.54) is 5.56 Å². The molecule has 1 aromatic rings. The van der Waals surface area contributed by atoms with Crippen molar-refractivity contribution >= 4 is 0 Å². The fourth-order valence-corrected chi connectivity index (χ4v) is 2.63. The third-order valence-electron chi connectivity index (χ3n) is 3.68. The molecule has 1 aliphatic heterocycles. The Balaban J connectivity index is 1.75. The molecule has 1 heterocycles. The van der Waals surface area contributed by atoms with Gasteiger partial charge in [-0.25, -0.2) is 0 Å². The largest absolute Gasteiger partial charge is 0.493 e. The lowest BCUT2D eigenvalue weighted by Crippen LogP contribution is -2.33. The molecule has 4 heteroatoms. The van der Waals surface area contributed by atoms with E-state index in [2.05, 4.69) is 12.1 Å². The lowest BCUT2D eigenvalue weighted by Gasteiger charge is -2.27. The molecular formula is C16H18O4. The Morgan fingerprint density at radius 1 is 1.25 bits per heavy atom. The highest BCUT2D eigenvalue weighted by Gasteiger charge is 2.45. The molecule has 2 aliphatic rings. The van der Waals surface area contributed by atoms with Crippen LogP contribution in [-0.2, 0) is 20.6 Å². The van der Waals surface area contributed by atoms with Gasteiger partial charge in [0.05, 0.1) is 7.11 Å². The number of methoxy groups -OCH3 is 1. The van der Waals surface area contributed by atoms with Crippen LogP contribution in [-0.4, -0.2) is 24.8 Å². The van der Waals surface area contributed by atoms with E-state index < -0.39 is 5.79 Å². The summed E-state index contributed by atoms with van der Waals surface area (Å²) in [6.45, 7) is 0.0680. The molecule has 1 fully saturated rings. The minimum absolute atomic E-state index is 0.0680. The van der Waals surface area contributed by atoms with Gasteiger partial charge in [0.25, 0.3) is 0 Å². The number of allylic oxidation sites excluding steroid dienone is 1. The quantitative estimate of drug-likeness (QED) is 0.916. The van der Waals surface area contributed by atoms with Gasteiger partial charge >= 0.3 is 0 Å². The van der Waals surface area contributed by atoms with Gasteiger partial charge in [0.15, 0.2) is 12.6 Å². The van der Waals surface area contributed by atoms with E-state index in [4.69, 9.17) is 14.2 Å². The molecule has 3 rings (SSSR count). The van der Waals surface area contributed by atoms with E-state index in [9.17, 15) is 5.11 Å². The highest BCUT2D eigenvalue weighted by molar-refractivity contribution is 5.33. The Morgan fingerprint density at radius 2 is 2.05 bits per heavy atom. The van der Waals surface area contributed by atoms with E-state index in [0.29, 0.717) is 17.9 Å². The summed E-state index contributed by atoms with van der Waals surface area (Å²) >= 11 is 0. The van der Waals surface area contributed by atoms with Gasteiger partial charge in [0.1, 0.15) is 0 Å². The van der Waals surface area contributed by atoms with E-state index in [1.54, 1.807) is 7.11 Å². The second kappa shape index (κ2) is 5.31. The average Bonchev–Trinajstić information content (AvgIpc) is 2.86. The number of aryl methyl sites for hydroxylation is 1. The normalized spacial score (nSPS) is 25.0. The predicted molar refractivity (Wildman–Crippen MR) is 73.5 cm³/mol. The summed E-state index contributed by atoms with van der Waals surface area (Å²) in [5, 5.41) is 10.5. The van der Waals surface area contributed by atoms with E-state index in [-0.39, 0.29) is 6.79 Å². The smallest absolute Gasteiger partial charge is 0.236 e. The van der Waals surface area contributed by atoms with Gasteiger partial charge in [-0.1, -0.05) is 35.9 Å². The molecule has 1 saturated heterocycles. The number of hydrogen-bond donors (Lipinski definition) is 1. The van der Waals surface area contributed by atoms with Crippen molar-refractivity contribution in [1.82, 2.24) is 0 Å². The maximum absolute atomic E-state index is 10.5. The average molecular weight is 274 g/mol. The Kier molecular flexibility index (Phi) is 3.51. The molecule has 0 amide bonds. The first-order valence-electron chi connectivity index (χ1n) is 6.72. The van der Waals surface area contributed by atoms with Crippen LogP contribution in [0.4, 0.5) is 0 Å². The molecule has 0 bridgehead atoms. The molecule has 4 nitrogen and oxygen atoms in total. The van der Waals surface area contributed by atoms with Crippen molar-refractivity contribution in [1.29, 1.82) is 0 Å². The first kappa shape index (κ1) is 13.2. The molecule has 1 N–H and O–H groups in total. The van der Waals surface area contributed by atoms with Gasteiger partial charge in [0.2, 0.25) is 11.5 Å². The zero-order chi connectivity index (χ0) is 14.0. The monoisotopic (exact) mass is 274 g/mol. The summed E-state index contributed by atoms with van der Waals surface area (Å²) < 4.78 is 15.9. The Labute approximate surface area is 118 Å². The molecule has 106 valence electrons. The van der Waals surface area contributed by atoms with Crippen molar-refractivity contribution < 1.29 is 19.3 Å². The van der Waals surface area contributed by atoms with Crippen LogP contribution >= 0.6 is 0 Å². The second-order valence-corrected chi connectivity index (χ2v) is 5.05. The van der Waals surface area contributed by atoms with E-state index >= 15 is 0 Å². The van der Waals surface area contributed by atoms with Gasteiger partial charge < -0.3 is 19.3 Å². The topological polar surface area (TPSA) is 47.9 Å². The SMILES string of the molecule is COC1=C2OCOC2(O)CC(CCc2ccccc2)=C1. The van der Waals surface area contributed by atoms with E-state index in [1.807, 2.05) is 24.3 Å². The van der Waals surface area contributed by atoms with Crippen molar-refractivity contribution in [3.63, 3.8) is 0 Å². The van der Waals surface area contributed by atoms with Gasteiger partial charge in [-0.3, -0.25) is 0 Å². The standard InChI is InChI=1S/C16H18O4/c1-18-14-9-13(8-7-12-5-3-2-4-6-12)10-16(17)15(14)19-11-20-16/h2-6,9,17H,7-8,10-11H2,1H3. The fraction of sp³-hybridized carbons (Fsp3) is 0.375. The van der Waals surface area contributed by atoms with Gasteiger partial charge in [0, 0.05) is 6.42 Å². The molecule has 1 atom stereocenters. The van der Waals surface area contributed by atoms with Crippen LogP contribution < -0.4 is 0 Å². The third kappa shape index (κ3) is 2.44. The van der Waals surface area contributed by atoms with Crippen LogP contribution in [0.1, 0.15) is 18.4 Å². The van der Waals surface area contributed by atoms with Crippen molar-refractivity contribution in [3.05, 3.63) is 59.1 Å². The molecule has 0 aromatic heterocycles. The van der Waals surface area contributed by atoms with Crippen LogP contribution in [0, 0.1) is 0 Å². The van der Waals surface area contributed by atoms with Crippen molar-refractivity contribution in [2.75, 3.05) is 13.9 Å². The van der Waals surface area contributed by atoms with Crippen LogP contribution in [0.15, 0.2) is 53.5 Å². The van der Waals surface area contributed by atoms with Gasteiger partial charge in [-0.2, -0.15) is 0 Å². The fourth-order valence-electron chi connectivity index (χ4n) is 2.63. The maximum Gasteiger partial charge on any atom is 0.236 e. The first-order chi connectivity index (χ1) is 9.71. The molecule has 0 radical (unpaired) electrons. The lowest BCUT2D eigenvalue weighted by molar-refractivity contribution is -0.152. The Morgan fingerprint density at radius 3 is 2.80 bits per heavy atom. The second-order valence-electron chi connectivity index (χ2n) is 5.05. The summed E-state index contributed by atoms with van der Waals surface area (Å²) in [5.41, 5.74) is 2.38. The number of aliphatic hydroxyl groups is 1. The predicted octanol–water partition coefficient (Wildman–Crippen LogP) is 2.50. The highest BCUT2D eigenvalue weighted by Crippen LogP contribution is 2.40. The Bertz CT molecular complexity index is 547. The van der Waals surface area contributed by atoms with Crippen molar-refractivity contribution in [2.45, 2.75) is 25.0 Å². The minimum atomic E-state index is -1.36. The molecule has 0 saturated carbocycles. The number of fused-ring (bicyclic) bond motifs is 1. The Hall–Kier alpha value is -1.78. The van der Waals surface area contributed by atoms with Crippen LogP contribution in [0.3, 0.4) is 0 Å². The minimum Gasteiger partial charge on any atom is -0.493 e. The lowest BCUT2D eigenvalue weighted by atomic mass is 9.92. The summed E-state index contributed by atoms with van der Waals surface area (Å²) in [4.78, 5) is 0. The summed E-state index contributed by atoms with van der Waals surface area (Å²) in [5.74, 6) is -0.408. The molecule has 1 aliphatic carbocycles. The first-order valence-corrected chi connectivity index (χ1v) is 6.72. The highest BCUT2D eigenvalue weighted by atomic mass is 16.8. The van der Waals surface area contributed by atoms with Crippen molar-refractivity contribution in [2.24, 2.45) is 0 Å². The third-order valence-corrected chi connectivity index (χ3v) is 3.68. The number of rotatable bonds is 4. The van der Waals surface area contributed by atoms with Gasteiger partial charge in [-0.15, -0.1) is 0 Å². The van der Waals surface area contributed by atoms with Crippen LogP contribution in [0.5, 0.6) is 0 Å². The number of ether oxygens (including phenoxy) is 3. The zero-order valence-electron chi connectivity index (χ0n) is 11.5. The molecule has 20 heavy (non-hydrogen) atoms.